The van der Waals surface area contributed by atoms with Crippen molar-refractivity contribution in [2.75, 3.05) is 21.3 Å². The van der Waals surface area contributed by atoms with Crippen LogP contribution < -0.4 is 14.2 Å². The average molecular weight is 225 g/mol. The smallest absolute Gasteiger partial charge is 0.417 e. The van der Waals surface area contributed by atoms with E-state index in [2.05, 4.69) is 4.74 Å². The van der Waals surface area contributed by atoms with Crippen molar-refractivity contribution in [3.63, 3.8) is 0 Å². The number of benzene rings is 1. The Hall–Kier alpha value is -1.91. The van der Waals surface area contributed by atoms with Gasteiger partial charge in [0.2, 0.25) is 5.75 Å². The van der Waals surface area contributed by atoms with E-state index >= 15 is 0 Å². The van der Waals surface area contributed by atoms with Crippen molar-refractivity contribution < 1.29 is 23.7 Å². The largest absolute Gasteiger partial charge is 0.493 e. The normalized spacial score (nSPS) is 9.44. The van der Waals surface area contributed by atoms with Crippen LogP contribution in [0.5, 0.6) is 17.2 Å². The predicted octanol–water partition coefficient (Wildman–Crippen LogP) is 1.30. The minimum absolute atomic E-state index is 0.111. The summed E-state index contributed by atoms with van der Waals surface area (Å²) in [6.45, 7) is 1.47. The lowest BCUT2D eigenvalue weighted by atomic mass is 10.2. The van der Waals surface area contributed by atoms with E-state index in [0.29, 0.717) is 17.2 Å². The third-order valence-corrected chi connectivity index (χ3v) is 2.02. The molecule has 0 aliphatic carbocycles. The van der Waals surface area contributed by atoms with Crippen LogP contribution in [0.3, 0.4) is 0 Å². The Bertz CT molecular complexity index is 336. The highest BCUT2D eigenvalue weighted by Gasteiger charge is 2.13. The molecule has 0 unspecified atom stereocenters. The Morgan fingerprint density at radius 3 is 2.00 bits per heavy atom. The van der Waals surface area contributed by atoms with E-state index in [4.69, 9.17) is 14.2 Å². The Kier molecular flexibility index (Phi) is 4.44. The number of carbonyl (C=O) groups excluding carboxylic acids is 1. The van der Waals surface area contributed by atoms with E-state index in [1.807, 2.05) is 0 Å². The molecule has 0 spiro atoms. The van der Waals surface area contributed by atoms with Crippen molar-refractivity contribution >= 4 is 6.47 Å². The van der Waals surface area contributed by atoms with Crippen LogP contribution >= 0.6 is 0 Å². The molecule has 0 amide bonds. The van der Waals surface area contributed by atoms with Gasteiger partial charge in [0, 0.05) is 0 Å². The van der Waals surface area contributed by atoms with Gasteiger partial charge in [-0.2, -0.15) is 0 Å². The second-order valence-corrected chi connectivity index (χ2v) is 2.91. The zero-order valence-electron chi connectivity index (χ0n) is 9.40. The van der Waals surface area contributed by atoms with Crippen LogP contribution in [0, 0.1) is 0 Å². The summed E-state index contributed by atoms with van der Waals surface area (Å²) in [7, 11) is 4.57. The minimum atomic E-state index is 0.111. The van der Waals surface area contributed by atoms with Gasteiger partial charge in [-0.1, -0.05) is 0 Å². The molecule has 1 aromatic rings. The number of rotatable bonds is 6. The van der Waals surface area contributed by atoms with E-state index < -0.39 is 0 Å². The fourth-order valence-electron chi connectivity index (χ4n) is 1.33. The van der Waals surface area contributed by atoms with Gasteiger partial charge in [0.25, 0.3) is 0 Å². The molecule has 0 saturated carbocycles. The second-order valence-electron chi connectivity index (χ2n) is 2.91. The molecule has 0 aliphatic rings. The molecule has 1 radical (unpaired) electrons. The van der Waals surface area contributed by atoms with E-state index in [1.54, 1.807) is 12.1 Å². The minimum Gasteiger partial charge on any atom is -0.493 e. The van der Waals surface area contributed by atoms with Crippen LogP contribution in [0.25, 0.3) is 0 Å². The van der Waals surface area contributed by atoms with Gasteiger partial charge < -0.3 is 18.9 Å². The van der Waals surface area contributed by atoms with Crippen molar-refractivity contribution in [2.24, 2.45) is 0 Å². The van der Waals surface area contributed by atoms with Gasteiger partial charge in [-0.3, -0.25) is 0 Å². The van der Waals surface area contributed by atoms with Crippen molar-refractivity contribution in [3.8, 4) is 17.2 Å². The zero-order valence-corrected chi connectivity index (χ0v) is 9.40. The molecule has 1 rings (SSSR count). The number of hydrogen-bond acceptors (Lipinski definition) is 5. The number of ether oxygens (including phenoxy) is 4. The first-order chi connectivity index (χ1) is 7.76. The van der Waals surface area contributed by atoms with Crippen LogP contribution in [-0.2, 0) is 16.1 Å². The van der Waals surface area contributed by atoms with Gasteiger partial charge in [-0.05, 0) is 17.7 Å². The monoisotopic (exact) mass is 225 g/mol. The number of hydrogen-bond donors (Lipinski definition) is 0. The van der Waals surface area contributed by atoms with Crippen LogP contribution in [0.15, 0.2) is 12.1 Å². The fraction of sp³-hybridized carbons (Fsp3) is 0.364. The molecule has 0 N–H and O–H groups in total. The maximum absolute atomic E-state index is 9.98. The summed E-state index contributed by atoms with van der Waals surface area (Å²) in [5.41, 5.74) is 0.734. The first-order valence-corrected chi connectivity index (χ1v) is 4.54. The highest BCUT2D eigenvalue weighted by Crippen LogP contribution is 2.38. The zero-order chi connectivity index (χ0) is 12.0. The van der Waals surface area contributed by atoms with Crippen LogP contribution in [-0.4, -0.2) is 27.8 Å². The van der Waals surface area contributed by atoms with Gasteiger partial charge >= 0.3 is 6.47 Å². The van der Waals surface area contributed by atoms with Crippen LogP contribution in [0.2, 0.25) is 0 Å². The lowest BCUT2D eigenvalue weighted by Crippen LogP contribution is -1.98. The first kappa shape index (κ1) is 12.2. The second kappa shape index (κ2) is 5.85. The summed E-state index contributed by atoms with van der Waals surface area (Å²) in [4.78, 5) is 9.98. The molecule has 0 saturated heterocycles. The van der Waals surface area contributed by atoms with Gasteiger partial charge in [0.15, 0.2) is 11.5 Å². The van der Waals surface area contributed by atoms with Gasteiger partial charge in [0.1, 0.15) is 6.61 Å². The third kappa shape index (κ3) is 2.56. The molecule has 1 aromatic carbocycles. The molecule has 0 heterocycles. The van der Waals surface area contributed by atoms with Crippen molar-refractivity contribution in [1.82, 2.24) is 0 Å². The van der Waals surface area contributed by atoms with Crippen molar-refractivity contribution in [3.05, 3.63) is 17.7 Å². The molecule has 87 valence electrons. The molecule has 0 aromatic heterocycles. The van der Waals surface area contributed by atoms with Crippen LogP contribution in [0.4, 0.5) is 0 Å². The maximum Gasteiger partial charge on any atom is 0.417 e. The maximum atomic E-state index is 9.98. The molecule has 0 bridgehead atoms. The van der Waals surface area contributed by atoms with Crippen LogP contribution in [0.1, 0.15) is 5.56 Å². The molecule has 5 nitrogen and oxygen atoms in total. The topological polar surface area (TPSA) is 54.0 Å². The van der Waals surface area contributed by atoms with Gasteiger partial charge in [0.05, 0.1) is 21.3 Å². The van der Waals surface area contributed by atoms with Crippen molar-refractivity contribution in [2.45, 2.75) is 6.61 Å². The molecule has 0 fully saturated rings. The van der Waals surface area contributed by atoms with E-state index in [1.165, 1.54) is 27.8 Å². The quantitative estimate of drug-likeness (QED) is 0.730. The van der Waals surface area contributed by atoms with Gasteiger partial charge in [-0.15, -0.1) is 0 Å². The molecular formula is C11H13O5. The Morgan fingerprint density at radius 2 is 1.62 bits per heavy atom. The summed E-state index contributed by atoms with van der Waals surface area (Å²) >= 11 is 0. The highest BCUT2D eigenvalue weighted by atomic mass is 16.5. The summed E-state index contributed by atoms with van der Waals surface area (Å²) < 4.78 is 20.0. The summed E-state index contributed by atoms with van der Waals surface area (Å²) in [6, 6.07) is 3.41. The van der Waals surface area contributed by atoms with E-state index in [-0.39, 0.29) is 6.61 Å². The van der Waals surface area contributed by atoms with E-state index in [0.717, 1.165) is 5.56 Å². The summed E-state index contributed by atoms with van der Waals surface area (Å²) in [5.74, 6) is 1.54. The molecule has 0 aliphatic heterocycles. The van der Waals surface area contributed by atoms with Gasteiger partial charge in [-0.25, -0.2) is 4.79 Å². The third-order valence-electron chi connectivity index (χ3n) is 2.02. The van der Waals surface area contributed by atoms with Crippen molar-refractivity contribution in [1.29, 1.82) is 0 Å². The fourth-order valence-corrected chi connectivity index (χ4v) is 1.33. The molecule has 5 heteroatoms. The summed E-state index contributed by atoms with van der Waals surface area (Å²) in [5, 5.41) is 0. The SMILES string of the molecule is COc1cc(CO[C]=O)cc(OC)c1OC. The highest BCUT2D eigenvalue weighted by molar-refractivity contribution is 5.54. The van der Waals surface area contributed by atoms with E-state index in [9.17, 15) is 4.79 Å². The Balaban J connectivity index is 3.09. The average Bonchev–Trinajstić information content (AvgIpc) is 2.34. The Labute approximate surface area is 93.9 Å². The number of methoxy groups -OCH3 is 3. The predicted molar refractivity (Wildman–Crippen MR) is 56.6 cm³/mol. The molecule has 16 heavy (non-hydrogen) atoms. The molecule has 0 atom stereocenters. The summed E-state index contributed by atoms with van der Waals surface area (Å²) in [6.07, 6.45) is 0. The Morgan fingerprint density at radius 1 is 1.06 bits per heavy atom. The standard InChI is InChI=1S/C11H13O5/c1-13-9-4-8(6-16-7-12)5-10(14-2)11(9)15-3/h4-5H,6H2,1-3H3. The lowest BCUT2D eigenvalue weighted by molar-refractivity contribution is 0.264. The lowest BCUT2D eigenvalue weighted by Gasteiger charge is -2.13. The first-order valence-electron chi connectivity index (χ1n) is 4.54. The molecular weight excluding hydrogens is 212 g/mol.